The molecule has 0 aliphatic carbocycles. The molecule has 1 aliphatic heterocycles. The molecule has 1 rings (SSSR count). The Labute approximate surface area is 112 Å². The number of rotatable bonds is 4. The highest BCUT2D eigenvalue weighted by atomic mass is 16.4. The average Bonchev–Trinajstić information content (AvgIpc) is 2.36. The number of nitrogens with one attached hydrogen (secondary N) is 1. The number of primary amides is 1. The number of nitrogens with two attached hydrogens (primary N) is 1. The van der Waals surface area contributed by atoms with Crippen LogP contribution in [-0.2, 0) is 9.59 Å². The SMILES string of the molecule is CC(C)(CNC(=O)C1CCCN(C(N)=O)C1)C(=O)O. The van der Waals surface area contributed by atoms with Gasteiger partial charge in [0.1, 0.15) is 0 Å². The lowest BCUT2D eigenvalue weighted by molar-refractivity contribution is -0.146. The third kappa shape index (κ3) is 4.11. The number of nitrogens with zero attached hydrogens (tertiary/aromatic N) is 1. The smallest absolute Gasteiger partial charge is 0.314 e. The molecule has 0 spiro atoms. The van der Waals surface area contributed by atoms with Gasteiger partial charge in [0.25, 0.3) is 0 Å². The fourth-order valence-corrected chi connectivity index (χ4v) is 1.92. The van der Waals surface area contributed by atoms with Crippen LogP contribution in [0.5, 0.6) is 0 Å². The van der Waals surface area contributed by atoms with Crippen molar-refractivity contribution < 1.29 is 19.5 Å². The third-order valence-electron chi connectivity index (χ3n) is 3.39. The molecule has 1 heterocycles. The molecule has 1 atom stereocenters. The summed E-state index contributed by atoms with van der Waals surface area (Å²) in [5.41, 5.74) is 4.18. The Morgan fingerprint density at radius 2 is 2.05 bits per heavy atom. The van der Waals surface area contributed by atoms with Crippen molar-refractivity contribution in [3.8, 4) is 0 Å². The molecule has 0 aromatic heterocycles. The molecule has 0 saturated carbocycles. The molecule has 108 valence electrons. The second kappa shape index (κ2) is 5.90. The van der Waals surface area contributed by atoms with Crippen LogP contribution in [0.1, 0.15) is 26.7 Å². The van der Waals surface area contributed by atoms with E-state index in [9.17, 15) is 14.4 Å². The summed E-state index contributed by atoms with van der Waals surface area (Å²) in [6, 6.07) is -0.525. The van der Waals surface area contributed by atoms with Gasteiger partial charge in [-0.05, 0) is 26.7 Å². The summed E-state index contributed by atoms with van der Waals surface area (Å²) in [5.74, 6) is -1.50. The zero-order valence-corrected chi connectivity index (χ0v) is 11.3. The maximum atomic E-state index is 12.0. The van der Waals surface area contributed by atoms with Gasteiger partial charge in [-0.3, -0.25) is 9.59 Å². The molecule has 1 fully saturated rings. The topological polar surface area (TPSA) is 113 Å². The van der Waals surface area contributed by atoms with Crippen LogP contribution in [0.3, 0.4) is 0 Å². The minimum absolute atomic E-state index is 0.0637. The molecule has 0 aromatic rings. The first-order valence-corrected chi connectivity index (χ1v) is 6.29. The van der Waals surface area contributed by atoms with E-state index in [0.29, 0.717) is 19.5 Å². The predicted octanol–water partition coefficient (Wildman–Crippen LogP) is 0.00410. The van der Waals surface area contributed by atoms with Crippen LogP contribution in [0.4, 0.5) is 4.79 Å². The molecule has 0 aromatic carbocycles. The highest BCUT2D eigenvalue weighted by molar-refractivity contribution is 5.81. The Morgan fingerprint density at radius 3 is 2.58 bits per heavy atom. The van der Waals surface area contributed by atoms with Gasteiger partial charge in [-0.15, -0.1) is 0 Å². The summed E-state index contributed by atoms with van der Waals surface area (Å²) < 4.78 is 0. The van der Waals surface area contributed by atoms with Crippen molar-refractivity contribution in [2.45, 2.75) is 26.7 Å². The van der Waals surface area contributed by atoms with Gasteiger partial charge in [-0.25, -0.2) is 4.79 Å². The highest BCUT2D eigenvalue weighted by Gasteiger charge is 2.31. The van der Waals surface area contributed by atoms with Crippen molar-refractivity contribution in [1.82, 2.24) is 10.2 Å². The lowest BCUT2D eigenvalue weighted by atomic mass is 9.92. The van der Waals surface area contributed by atoms with E-state index in [1.165, 1.54) is 4.90 Å². The van der Waals surface area contributed by atoms with Crippen LogP contribution >= 0.6 is 0 Å². The van der Waals surface area contributed by atoms with Gasteiger partial charge in [0.15, 0.2) is 0 Å². The Balaban J connectivity index is 2.50. The van der Waals surface area contributed by atoms with E-state index < -0.39 is 17.4 Å². The first-order valence-electron chi connectivity index (χ1n) is 6.29. The second-order valence-corrected chi connectivity index (χ2v) is 5.53. The average molecular weight is 271 g/mol. The van der Waals surface area contributed by atoms with E-state index in [2.05, 4.69) is 5.32 Å². The number of aliphatic carboxylic acids is 1. The molecule has 0 bridgehead atoms. The zero-order chi connectivity index (χ0) is 14.6. The number of hydrogen-bond acceptors (Lipinski definition) is 3. The van der Waals surface area contributed by atoms with E-state index in [4.69, 9.17) is 10.8 Å². The molecule has 19 heavy (non-hydrogen) atoms. The minimum Gasteiger partial charge on any atom is -0.481 e. The molecule has 1 aliphatic rings. The molecule has 7 nitrogen and oxygen atoms in total. The normalized spacial score (nSPS) is 19.9. The summed E-state index contributed by atoms with van der Waals surface area (Å²) in [5, 5.41) is 11.6. The molecular weight excluding hydrogens is 250 g/mol. The Bertz CT molecular complexity index is 381. The molecular formula is C12H21N3O4. The van der Waals surface area contributed by atoms with Crippen molar-refractivity contribution in [1.29, 1.82) is 0 Å². The van der Waals surface area contributed by atoms with Crippen LogP contribution in [0, 0.1) is 11.3 Å². The largest absolute Gasteiger partial charge is 0.481 e. The van der Waals surface area contributed by atoms with E-state index in [1.54, 1.807) is 13.8 Å². The van der Waals surface area contributed by atoms with Crippen LogP contribution in [0.2, 0.25) is 0 Å². The van der Waals surface area contributed by atoms with Crippen molar-refractivity contribution >= 4 is 17.9 Å². The van der Waals surface area contributed by atoms with Gasteiger partial charge in [0.05, 0.1) is 11.3 Å². The Hall–Kier alpha value is -1.79. The van der Waals surface area contributed by atoms with Gasteiger partial charge in [-0.1, -0.05) is 0 Å². The van der Waals surface area contributed by atoms with Gasteiger partial charge >= 0.3 is 12.0 Å². The van der Waals surface area contributed by atoms with Gasteiger partial charge < -0.3 is 21.1 Å². The third-order valence-corrected chi connectivity index (χ3v) is 3.39. The fraction of sp³-hybridized carbons (Fsp3) is 0.750. The second-order valence-electron chi connectivity index (χ2n) is 5.53. The number of carboxylic acid groups (broad SMARTS) is 1. The molecule has 7 heteroatoms. The summed E-state index contributed by atoms with van der Waals surface area (Å²) in [6.07, 6.45) is 1.41. The van der Waals surface area contributed by atoms with Crippen LogP contribution in [0.25, 0.3) is 0 Å². The summed E-state index contributed by atoms with van der Waals surface area (Å²) in [6.45, 7) is 4.03. The van der Waals surface area contributed by atoms with E-state index in [0.717, 1.165) is 6.42 Å². The highest BCUT2D eigenvalue weighted by Crippen LogP contribution is 2.18. The van der Waals surface area contributed by atoms with Crippen molar-refractivity contribution in [2.75, 3.05) is 19.6 Å². The Morgan fingerprint density at radius 1 is 1.42 bits per heavy atom. The molecule has 4 N–H and O–H groups in total. The number of carboxylic acids is 1. The quantitative estimate of drug-likeness (QED) is 0.668. The summed E-state index contributed by atoms with van der Waals surface area (Å²) >= 11 is 0. The van der Waals surface area contributed by atoms with E-state index in [-0.39, 0.29) is 18.4 Å². The zero-order valence-electron chi connectivity index (χ0n) is 11.3. The van der Waals surface area contributed by atoms with Crippen molar-refractivity contribution in [2.24, 2.45) is 17.1 Å². The first kappa shape index (κ1) is 15.3. The Kier molecular flexibility index (Phi) is 4.74. The van der Waals surface area contributed by atoms with Crippen LogP contribution in [-0.4, -0.2) is 47.5 Å². The maximum Gasteiger partial charge on any atom is 0.314 e. The molecule has 1 saturated heterocycles. The predicted molar refractivity (Wildman–Crippen MR) is 68.3 cm³/mol. The van der Waals surface area contributed by atoms with Crippen molar-refractivity contribution in [3.63, 3.8) is 0 Å². The monoisotopic (exact) mass is 271 g/mol. The molecule has 3 amide bonds. The number of piperidine rings is 1. The summed E-state index contributed by atoms with van der Waals surface area (Å²) in [4.78, 5) is 35.4. The number of urea groups is 1. The number of likely N-dealkylation sites (tertiary alicyclic amines) is 1. The van der Waals surface area contributed by atoms with Gasteiger partial charge in [-0.2, -0.15) is 0 Å². The molecule has 1 unspecified atom stereocenters. The number of carbonyl (C=O) groups is 3. The van der Waals surface area contributed by atoms with Gasteiger partial charge in [0.2, 0.25) is 5.91 Å². The number of amides is 3. The summed E-state index contributed by atoms with van der Waals surface area (Å²) in [7, 11) is 0. The fourth-order valence-electron chi connectivity index (χ4n) is 1.92. The lowest BCUT2D eigenvalue weighted by Gasteiger charge is -2.31. The minimum atomic E-state index is -1.01. The lowest BCUT2D eigenvalue weighted by Crippen LogP contribution is -2.49. The first-order chi connectivity index (χ1) is 8.74. The number of carbonyl (C=O) groups excluding carboxylic acids is 2. The standard InChI is InChI=1S/C12H21N3O4/c1-12(2,10(17)18)7-14-9(16)8-4-3-5-15(6-8)11(13)19/h8H,3-7H2,1-2H3,(H2,13,19)(H,14,16)(H,17,18). The van der Waals surface area contributed by atoms with Crippen LogP contribution < -0.4 is 11.1 Å². The van der Waals surface area contributed by atoms with E-state index >= 15 is 0 Å². The maximum absolute atomic E-state index is 12.0. The van der Waals surface area contributed by atoms with Crippen molar-refractivity contribution in [3.05, 3.63) is 0 Å². The van der Waals surface area contributed by atoms with Gasteiger partial charge in [0, 0.05) is 19.6 Å². The van der Waals surface area contributed by atoms with Crippen LogP contribution in [0.15, 0.2) is 0 Å². The van der Waals surface area contributed by atoms with E-state index in [1.807, 2.05) is 0 Å². The molecule has 0 radical (unpaired) electrons. The number of hydrogen-bond donors (Lipinski definition) is 3.